The molecule has 0 radical (unpaired) electrons. The number of carbonyl (C=O) groups excluding carboxylic acids is 1. The summed E-state index contributed by atoms with van der Waals surface area (Å²) >= 11 is 4.09. The van der Waals surface area contributed by atoms with Crippen LogP contribution in [0.3, 0.4) is 0 Å². The Balaban J connectivity index is 1.77. The molecule has 1 aromatic carbocycles. The van der Waals surface area contributed by atoms with Crippen molar-refractivity contribution in [2.24, 2.45) is 0 Å². The summed E-state index contributed by atoms with van der Waals surface area (Å²) in [6.45, 7) is 3.02. The molecular formula is C19H15BrN4O4S2. The van der Waals surface area contributed by atoms with Crippen LogP contribution in [0.25, 0.3) is 17.4 Å². The van der Waals surface area contributed by atoms with Gasteiger partial charge in [-0.2, -0.15) is 14.6 Å². The number of furan rings is 1. The maximum atomic E-state index is 12.4. The van der Waals surface area contributed by atoms with Crippen molar-refractivity contribution in [1.82, 2.24) is 9.36 Å². The Hall–Kier alpha value is -2.81. The SMILES string of the molecule is CC(C)S(=O)(=O)c1nsc(NC(=O)/C(C#N)=C\c2ccc(-c3ccc(Br)cc3)o2)n1. The van der Waals surface area contributed by atoms with Gasteiger partial charge in [0, 0.05) is 27.6 Å². The maximum Gasteiger partial charge on any atom is 0.268 e. The summed E-state index contributed by atoms with van der Waals surface area (Å²) in [5, 5.41) is 10.7. The van der Waals surface area contributed by atoms with Crippen molar-refractivity contribution in [3.8, 4) is 17.4 Å². The summed E-state index contributed by atoms with van der Waals surface area (Å²) in [6.07, 6.45) is 1.30. The van der Waals surface area contributed by atoms with Gasteiger partial charge in [-0.15, -0.1) is 0 Å². The number of benzene rings is 1. The third-order valence-corrected chi connectivity index (χ3v) is 7.12. The number of halogens is 1. The molecule has 2 heterocycles. The molecule has 1 amide bonds. The number of nitrogens with zero attached hydrogens (tertiary/aromatic N) is 3. The Bertz CT molecular complexity index is 1250. The van der Waals surface area contributed by atoms with Crippen LogP contribution in [0.4, 0.5) is 5.13 Å². The Morgan fingerprint density at radius 2 is 1.97 bits per heavy atom. The first-order valence-electron chi connectivity index (χ1n) is 8.57. The molecule has 0 fully saturated rings. The summed E-state index contributed by atoms with van der Waals surface area (Å²) in [6, 6.07) is 12.7. The van der Waals surface area contributed by atoms with Crippen LogP contribution in [0.15, 0.2) is 56.0 Å². The Labute approximate surface area is 185 Å². The summed E-state index contributed by atoms with van der Waals surface area (Å²) in [7, 11) is -3.65. The van der Waals surface area contributed by atoms with Crippen molar-refractivity contribution in [3.05, 3.63) is 52.2 Å². The molecule has 0 aliphatic heterocycles. The van der Waals surface area contributed by atoms with Crippen molar-refractivity contribution in [2.45, 2.75) is 24.3 Å². The molecule has 2 aromatic heterocycles. The van der Waals surface area contributed by atoms with Crippen molar-refractivity contribution >= 4 is 54.4 Å². The number of nitriles is 1. The van der Waals surface area contributed by atoms with Gasteiger partial charge in [-0.3, -0.25) is 10.1 Å². The molecule has 30 heavy (non-hydrogen) atoms. The van der Waals surface area contributed by atoms with Crippen LogP contribution in [0, 0.1) is 11.3 Å². The molecule has 0 saturated carbocycles. The van der Waals surface area contributed by atoms with E-state index in [1.165, 1.54) is 19.9 Å². The predicted octanol–water partition coefficient (Wildman–Crippen LogP) is 4.29. The highest BCUT2D eigenvalue weighted by atomic mass is 79.9. The van der Waals surface area contributed by atoms with Gasteiger partial charge >= 0.3 is 0 Å². The Kier molecular flexibility index (Phi) is 6.50. The summed E-state index contributed by atoms with van der Waals surface area (Å²) in [5.41, 5.74) is 0.615. The van der Waals surface area contributed by atoms with E-state index in [1.807, 2.05) is 24.3 Å². The quantitative estimate of drug-likeness (QED) is 0.390. The largest absolute Gasteiger partial charge is 0.457 e. The van der Waals surface area contributed by atoms with E-state index < -0.39 is 21.0 Å². The normalized spacial score (nSPS) is 12.0. The zero-order valence-electron chi connectivity index (χ0n) is 15.8. The first-order chi connectivity index (χ1) is 14.2. The van der Waals surface area contributed by atoms with Crippen LogP contribution in [0.1, 0.15) is 19.6 Å². The zero-order valence-corrected chi connectivity index (χ0v) is 19.0. The van der Waals surface area contributed by atoms with E-state index in [4.69, 9.17) is 4.42 Å². The van der Waals surface area contributed by atoms with Crippen LogP contribution in [-0.4, -0.2) is 28.9 Å². The highest BCUT2D eigenvalue weighted by Crippen LogP contribution is 2.25. The molecule has 154 valence electrons. The van der Waals surface area contributed by atoms with Crippen molar-refractivity contribution < 1.29 is 17.6 Å². The number of hydrogen-bond donors (Lipinski definition) is 1. The minimum atomic E-state index is -3.65. The molecule has 11 heteroatoms. The molecule has 3 aromatic rings. The van der Waals surface area contributed by atoms with E-state index in [0.29, 0.717) is 11.5 Å². The molecule has 1 N–H and O–H groups in total. The summed E-state index contributed by atoms with van der Waals surface area (Å²) < 4.78 is 34.6. The molecule has 8 nitrogen and oxygen atoms in total. The van der Waals surface area contributed by atoms with Crippen molar-refractivity contribution in [3.63, 3.8) is 0 Å². The van der Waals surface area contributed by atoms with E-state index in [2.05, 4.69) is 30.6 Å². The fraction of sp³-hybridized carbons (Fsp3) is 0.158. The first-order valence-corrected chi connectivity index (χ1v) is 11.7. The van der Waals surface area contributed by atoms with Gasteiger partial charge in [0.05, 0.1) is 5.25 Å². The fourth-order valence-electron chi connectivity index (χ4n) is 2.24. The third kappa shape index (κ3) is 4.84. The Morgan fingerprint density at radius 3 is 2.60 bits per heavy atom. The third-order valence-electron chi connectivity index (χ3n) is 3.91. The molecule has 0 spiro atoms. The monoisotopic (exact) mass is 506 g/mol. The van der Waals surface area contributed by atoms with Crippen LogP contribution in [-0.2, 0) is 14.6 Å². The second-order valence-corrected chi connectivity index (χ2v) is 10.4. The zero-order chi connectivity index (χ0) is 21.9. The van der Waals surface area contributed by atoms with Crippen LogP contribution in [0.2, 0.25) is 0 Å². The number of anilines is 1. The van der Waals surface area contributed by atoms with Gasteiger partial charge in [-0.05, 0) is 38.1 Å². The fourth-order valence-corrected chi connectivity index (χ4v) is 4.20. The lowest BCUT2D eigenvalue weighted by Crippen LogP contribution is -2.16. The Morgan fingerprint density at radius 1 is 1.27 bits per heavy atom. The van der Waals surface area contributed by atoms with Crippen LogP contribution < -0.4 is 5.32 Å². The van der Waals surface area contributed by atoms with Gasteiger partial charge < -0.3 is 4.42 Å². The van der Waals surface area contributed by atoms with E-state index in [1.54, 1.807) is 18.2 Å². The molecule has 0 unspecified atom stereocenters. The van der Waals surface area contributed by atoms with E-state index in [-0.39, 0.29) is 15.9 Å². The lowest BCUT2D eigenvalue weighted by atomic mass is 10.2. The lowest BCUT2D eigenvalue weighted by Gasteiger charge is -2.02. The number of hydrogen-bond acceptors (Lipinski definition) is 8. The van der Waals surface area contributed by atoms with Gasteiger partial charge in [0.1, 0.15) is 23.2 Å². The highest BCUT2D eigenvalue weighted by Gasteiger charge is 2.25. The molecule has 0 aliphatic rings. The van der Waals surface area contributed by atoms with Crippen molar-refractivity contribution in [1.29, 1.82) is 5.26 Å². The van der Waals surface area contributed by atoms with Gasteiger partial charge in [0.25, 0.3) is 11.1 Å². The van der Waals surface area contributed by atoms with Crippen molar-refractivity contribution in [2.75, 3.05) is 5.32 Å². The number of nitrogens with one attached hydrogen (secondary N) is 1. The maximum absolute atomic E-state index is 12.4. The minimum absolute atomic E-state index is 0.0182. The molecule has 0 saturated heterocycles. The molecule has 0 bridgehead atoms. The average Bonchev–Trinajstić information content (AvgIpc) is 3.36. The predicted molar refractivity (Wildman–Crippen MR) is 116 cm³/mol. The molecule has 3 rings (SSSR count). The van der Waals surface area contributed by atoms with E-state index in [9.17, 15) is 18.5 Å². The number of sulfone groups is 1. The average molecular weight is 507 g/mol. The molecule has 0 atom stereocenters. The van der Waals surface area contributed by atoms with Gasteiger partial charge in [0.15, 0.2) is 0 Å². The number of amides is 1. The lowest BCUT2D eigenvalue weighted by molar-refractivity contribution is -0.112. The second-order valence-electron chi connectivity index (χ2n) is 6.31. The minimum Gasteiger partial charge on any atom is -0.457 e. The molecule has 0 aliphatic carbocycles. The second kappa shape index (κ2) is 8.91. The summed E-state index contributed by atoms with van der Waals surface area (Å²) in [4.78, 5) is 16.2. The topological polar surface area (TPSA) is 126 Å². The van der Waals surface area contributed by atoms with Gasteiger partial charge in [0.2, 0.25) is 15.0 Å². The summed E-state index contributed by atoms with van der Waals surface area (Å²) in [5.74, 6) is 0.155. The first kappa shape index (κ1) is 21.9. The molecular weight excluding hydrogens is 492 g/mol. The standard InChI is InChI=1S/C19H15BrN4O4S2/c1-11(2)30(26,27)19-23-18(29-24-19)22-17(25)13(10-21)9-15-7-8-16(28-15)12-3-5-14(20)6-4-12/h3-9,11H,1-2H3,(H,22,23,24,25)/b13-9-. The number of carbonyl (C=O) groups is 1. The van der Waals surface area contributed by atoms with E-state index in [0.717, 1.165) is 21.6 Å². The smallest absolute Gasteiger partial charge is 0.268 e. The number of aromatic nitrogens is 2. The van der Waals surface area contributed by atoms with E-state index >= 15 is 0 Å². The van der Waals surface area contributed by atoms with Gasteiger partial charge in [-0.1, -0.05) is 28.1 Å². The van der Waals surface area contributed by atoms with Crippen LogP contribution in [0.5, 0.6) is 0 Å². The van der Waals surface area contributed by atoms with Gasteiger partial charge in [-0.25, -0.2) is 8.42 Å². The van der Waals surface area contributed by atoms with Crippen LogP contribution >= 0.6 is 27.5 Å². The number of rotatable bonds is 6. The highest BCUT2D eigenvalue weighted by molar-refractivity contribution is 9.10.